The van der Waals surface area contributed by atoms with Crippen LogP contribution in [0.5, 0.6) is 0 Å². The van der Waals surface area contributed by atoms with E-state index in [1.165, 1.54) is 5.57 Å². The predicted octanol–water partition coefficient (Wildman–Crippen LogP) is 3.61. The normalized spacial score (nSPS) is 19.0. The topological polar surface area (TPSA) is 56.0 Å². The standard InChI is InChI=1S/C16H22N2O/c1-2-3-6-15(19)13-10-8-12(9-11-13)14-5-4-7-16(17)18-14/h4-5,7-8,13H,2-3,6,9-11H2,1H3,(H2,17,18). The number of rotatable bonds is 5. The van der Waals surface area contributed by atoms with Crippen LogP contribution in [0.15, 0.2) is 24.3 Å². The number of nitrogens with zero attached hydrogens (tertiary/aromatic N) is 1. The van der Waals surface area contributed by atoms with Crippen molar-refractivity contribution in [3.63, 3.8) is 0 Å². The van der Waals surface area contributed by atoms with Gasteiger partial charge in [0.25, 0.3) is 0 Å². The highest BCUT2D eigenvalue weighted by Crippen LogP contribution is 2.30. The summed E-state index contributed by atoms with van der Waals surface area (Å²) in [4.78, 5) is 16.3. The molecule has 1 heterocycles. The molecule has 1 aromatic heterocycles. The summed E-state index contributed by atoms with van der Waals surface area (Å²) in [6.07, 6.45) is 7.74. The van der Waals surface area contributed by atoms with Crippen molar-refractivity contribution in [1.82, 2.24) is 4.98 Å². The van der Waals surface area contributed by atoms with E-state index in [0.717, 1.165) is 44.2 Å². The third kappa shape index (κ3) is 3.66. The van der Waals surface area contributed by atoms with Gasteiger partial charge < -0.3 is 5.73 Å². The van der Waals surface area contributed by atoms with Crippen LogP contribution in [-0.2, 0) is 4.79 Å². The maximum absolute atomic E-state index is 12.0. The molecule has 0 fully saturated rings. The molecule has 0 amide bonds. The fourth-order valence-electron chi connectivity index (χ4n) is 2.54. The zero-order valence-corrected chi connectivity index (χ0v) is 11.6. The molecule has 19 heavy (non-hydrogen) atoms. The Morgan fingerprint density at radius 2 is 2.32 bits per heavy atom. The van der Waals surface area contributed by atoms with Gasteiger partial charge in [-0.15, -0.1) is 0 Å². The van der Waals surface area contributed by atoms with Crippen molar-refractivity contribution in [2.75, 3.05) is 5.73 Å². The summed E-state index contributed by atoms with van der Waals surface area (Å²) in [6, 6.07) is 5.71. The number of Topliss-reactive ketones (excluding diaryl/α,β-unsaturated/α-hetero) is 1. The lowest BCUT2D eigenvalue weighted by Gasteiger charge is -2.20. The third-order valence-corrected chi connectivity index (χ3v) is 3.74. The minimum atomic E-state index is 0.219. The van der Waals surface area contributed by atoms with Crippen LogP contribution >= 0.6 is 0 Å². The van der Waals surface area contributed by atoms with Crippen LogP contribution in [0.3, 0.4) is 0 Å². The fraction of sp³-hybridized carbons (Fsp3) is 0.500. The second-order valence-electron chi connectivity index (χ2n) is 5.22. The molecule has 102 valence electrons. The molecular weight excluding hydrogens is 236 g/mol. The molecule has 3 heteroatoms. The van der Waals surface area contributed by atoms with Crippen molar-refractivity contribution in [3.05, 3.63) is 30.0 Å². The average Bonchev–Trinajstić information content (AvgIpc) is 2.45. The van der Waals surface area contributed by atoms with E-state index >= 15 is 0 Å². The van der Waals surface area contributed by atoms with Gasteiger partial charge in [-0.1, -0.05) is 25.5 Å². The summed E-state index contributed by atoms with van der Waals surface area (Å²) >= 11 is 0. The van der Waals surface area contributed by atoms with E-state index in [0.29, 0.717) is 11.6 Å². The molecule has 1 aliphatic carbocycles. The Morgan fingerprint density at radius 1 is 1.47 bits per heavy atom. The molecule has 1 atom stereocenters. The van der Waals surface area contributed by atoms with Gasteiger partial charge >= 0.3 is 0 Å². The van der Waals surface area contributed by atoms with Crippen LogP contribution < -0.4 is 5.73 Å². The van der Waals surface area contributed by atoms with E-state index in [1.54, 1.807) is 6.07 Å². The van der Waals surface area contributed by atoms with E-state index < -0.39 is 0 Å². The van der Waals surface area contributed by atoms with E-state index in [-0.39, 0.29) is 5.92 Å². The summed E-state index contributed by atoms with van der Waals surface area (Å²) < 4.78 is 0. The molecule has 1 aromatic rings. The molecule has 0 aliphatic heterocycles. The smallest absolute Gasteiger partial charge is 0.136 e. The van der Waals surface area contributed by atoms with Gasteiger partial charge in [0.1, 0.15) is 11.6 Å². The number of nitrogen functional groups attached to an aromatic ring is 1. The number of ketones is 1. The molecule has 0 bridgehead atoms. The lowest BCUT2D eigenvalue weighted by Crippen LogP contribution is -2.16. The Hall–Kier alpha value is -1.64. The first-order valence-electron chi connectivity index (χ1n) is 7.15. The van der Waals surface area contributed by atoms with Crippen LogP contribution in [0, 0.1) is 5.92 Å². The minimum absolute atomic E-state index is 0.219. The number of hydrogen-bond acceptors (Lipinski definition) is 3. The Morgan fingerprint density at radius 3 is 2.95 bits per heavy atom. The highest BCUT2D eigenvalue weighted by molar-refractivity contribution is 5.82. The Kier molecular flexibility index (Phi) is 4.72. The van der Waals surface area contributed by atoms with E-state index in [2.05, 4.69) is 18.0 Å². The molecule has 2 N–H and O–H groups in total. The predicted molar refractivity (Wildman–Crippen MR) is 78.5 cm³/mol. The Labute approximate surface area is 114 Å². The van der Waals surface area contributed by atoms with Gasteiger partial charge in [0.05, 0.1) is 5.69 Å². The third-order valence-electron chi connectivity index (χ3n) is 3.74. The lowest BCUT2D eigenvalue weighted by atomic mass is 9.84. The highest BCUT2D eigenvalue weighted by atomic mass is 16.1. The minimum Gasteiger partial charge on any atom is -0.384 e. The van der Waals surface area contributed by atoms with Crippen molar-refractivity contribution in [3.8, 4) is 0 Å². The summed E-state index contributed by atoms with van der Waals surface area (Å²) in [5.74, 6) is 1.20. The Balaban J connectivity index is 1.98. The van der Waals surface area contributed by atoms with Crippen LogP contribution in [0.25, 0.3) is 5.57 Å². The van der Waals surface area contributed by atoms with Gasteiger partial charge in [0.15, 0.2) is 0 Å². The molecule has 1 unspecified atom stereocenters. The first-order valence-corrected chi connectivity index (χ1v) is 7.15. The number of carbonyl (C=O) groups is 1. The summed E-state index contributed by atoms with van der Waals surface area (Å²) in [5.41, 5.74) is 7.89. The van der Waals surface area contributed by atoms with Crippen LogP contribution in [0.1, 0.15) is 51.1 Å². The summed E-state index contributed by atoms with van der Waals surface area (Å²) in [6.45, 7) is 2.12. The van der Waals surface area contributed by atoms with Crippen LogP contribution in [0.4, 0.5) is 5.82 Å². The second-order valence-corrected chi connectivity index (χ2v) is 5.22. The number of carbonyl (C=O) groups excluding carboxylic acids is 1. The van der Waals surface area contributed by atoms with Gasteiger partial charge in [0.2, 0.25) is 0 Å². The molecule has 1 aliphatic rings. The summed E-state index contributed by atoms with van der Waals surface area (Å²) in [7, 11) is 0. The number of nitrogens with two attached hydrogens (primary N) is 1. The maximum Gasteiger partial charge on any atom is 0.136 e. The molecule has 0 saturated carbocycles. The molecule has 2 rings (SSSR count). The lowest BCUT2D eigenvalue weighted by molar-refractivity contribution is -0.123. The van der Waals surface area contributed by atoms with Gasteiger partial charge in [-0.05, 0) is 43.4 Å². The van der Waals surface area contributed by atoms with Gasteiger partial charge in [-0.25, -0.2) is 4.98 Å². The zero-order chi connectivity index (χ0) is 13.7. The SMILES string of the molecule is CCCCC(=O)C1CC=C(c2cccc(N)n2)CC1. The first-order chi connectivity index (χ1) is 9.20. The highest BCUT2D eigenvalue weighted by Gasteiger charge is 2.21. The second kappa shape index (κ2) is 6.50. The average molecular weight is 258 g/mol. The number of anilines is 1. The number of aromatic nitrogens is 1. The quantitative estimate of drug-likeness (QED) is 0.877. The van der Waals surface area contributed by atoms with Gasteiger partial charge in [-0.3, -0.25) is 4.79 Å². The van der Waals surface area contributed by atoms with E-state index in [9.17, 15) is 4.79 Å². The first kappa shape index (κ1) is 13.8. The molecule has 0 spiro atoms. The van der Waals surface area contributed by atoms with Crippen molar-refractivity contribution in [2.24, 2.45) is 5.92 Å². The van der Waals surface area contributed by atoms with Crippen molar-refractivity contribution < 1.29 is 4.79 Å². The number of pyridine rings is 1. The van der Waals surface area contributed by atoms with E-state index in [1.807, 2.05) is 12.1 Å². The molecule has 0 aromatic carbocycles. The van der Waals surface area contributed by atoms with Crippen molar-refractivity contribution in [2.45, 2.75) is 45.4 Å². The molecule has 3 nitrogen and oxygen atoms in total. The fourth-order valence-corrected chi connectivity index (χ4v) is 2.54. The number of allylic oxidation sites excluding steroid dienone is 2. The molecule has 0 saturated heterocycles. The number of unbranched alkanes of at least 4 members (excludes halogenated alkanes) is 1. The molecule has 0 radical (unpaired) electrons. The Bertz CT molecular complexity index is 479. The van der Waals surface area contributed by atoms with Crippen LogP contribution in [0.2, 0.25) is 0 Å². The largest absolute Gasteiger partial charge is 0.384 e. The van der Waals surface area contributed by atoms with Crippen LogP contribution in [-0.4, -0.2) is 10.8 Å². The van der Waals surface area contributed by atoms with E-state index in [4.69, 9.17) is 5.73 Å². The monoisotopic (exact) mass is 258 g/mol. The van der Waals surface area contributed by atoms with Crippen molar-refractivity contribution >= 4 is 17.2 Å². The van der Waals surface area contributed by atoms with Gasteiger partial charge in [0, 0.05) is 12.3 Å². The number of hydrogen-bond donors (Lipinski definition) is 1. The summed E-state index contributed by atoms with van der Waals surface area (Å²) in [5, 5.41) is 0. The van der Waals surface area contributed by atoms with Crippen molar-refractivity contribution in [1.29, 1.82) is 0 Å². The molecular formula is C16H22N2O. The zero-order valence-electron chi connectivity index (χ0n) is 11.6. The maximum atomic E-state index is 12.0. The van der Waals surface area contributed by atoms with Gasteiger partial charge in [-0.2, -0.15) is 0 Å².